The summed E-state index contributed by atoms with van der Waals surface area (Å²) >= 11 is 1.72. The average Bonchev–Trinajstić information content (AvgIpc) is 2.99. The summed E-state index contributed by atoms with van der Waals surface area (Å²) in [5.74, 6) is 2.50. The maximum atomic E-state index is 12.8. The first kappa shape index (κ1) is 16.5. The van der Waals surface area contributed by atoms with E-state index in [1.54, 1.807) is 11.8 Å². The molecule has 5 aliphatic rings. The molecular formula is C18H27N3O2S. The molecule has 24 heavy (non-hydrogen) atoms. The summed E-state index contributed by atoms with van der Waals surface area (Å²) in [4.78, 5) is 27.0. The molecule has 4 saturated carbocycles. The molecule has 5 fully saturated rings. The third kappa shape index (κ3) is 2.58. The predicted octanol–water partition coefficient (Wildman–Crippen LogP) is 1.34. The molecule has 0 aromatic carbocycles. The molecule has 0 aromatic heterocycles. The predicted molar refractivity (Wildman–Crippen MR) is 95.1 cm³/mol. The number of thioether (sulfide) groups is 1. The van der Waals surface area contributed by atoms with Gasteiger partial charge in [0.05, 0.1) is 0 Å². The fraction of sp³-hybridized carbons (Fsp3) is 0.778. The zero-order valence-corrected chi connectivity index (χ0v) is 14.9. The van der Waals surface area contributed by atoms with Crippen LogP contribution in [0.1, 0.15) is 32.1 Å². The summed E-state index contributed by atoms with van der Waals surface area (Å²) in [7, 11) is 0. The molecule has 3 atom stereocenters. The first-order valence-corrected chi connectivity index (χ1v) is 10.1. The van der Waals surface area contributed by atoms with E-state index in [9.17, 15) is 9.59 Å². The van der Waals surface area contributed by atoms with Gasteiger partial charge in [-0.1, -0.05) is 6.08 Å². The van der Waals surface area contributed by atoms with Crippen LogP contribution in [-0.4, -0.2) is 47.0 Å². The van der Waals surface area contributed by atoms with Gasteiger partial charge in [-0.2, -0.15) is 0 Å². The Morgan fingerprint density at radius 3 is 2.62 bits per heavy atom. The van der Waals surface area contributed by atoms with Crippen LogP contribution in [0.3, 0.4) is 0 Å². The van der Waals surface area contributed by atoms with Crippen LogP contribution in [0.2, 0.25) is 0 Å². The fourth-order valence-corrected chi connectivity index (χ4v) is 7.08. The third-order valence-electron chi connectivity index (χ3n) is 6.68. The Labute approximate surface area is 147 Å². The summed E-state index contributed by atoms with van der Waals surface area (Å²) in [5, 5.41) is 3.27. The molecular weight excluding hydrogens is 322 g/mol. The van der Waals surface area contributed by atoms with Crippen molar-refractivity contribution in [1.29, 1.82) is 0 Å². The number of primary amides is 1. The molecule has 1 heterocycles. The van der Waals surface area contributed by atoms with E-state index in [-0.39, 0.29) is 28.6 Å². The Hall–Kier alpha value is -1.01. The first-order chi connectivity index (χ1) is 11.5. The van der Waals surface area contributed by atoms with Crippen molar-refractivity contribution in [2.75, 3.05) is 18.8 Å². The molecule has 2 amide bonds. The zero-order valence-electron chi connectivity index (χ0n) is 14.1. The summed E-state index contributed by atoms with van der Waals surface area (Å²) in [6.45, 7) is 5.49. The molecule has 0 radical (unpaired) electrons. The fourth-order valence-electron chi connectivity index (χ4n) is 5.90. The van der Waals surface area contributed by atoms with E-state index < -0.39 is 0 Å². The van der Waals surface area contributed by atoms with Crippen molar-refractivity contribution in [1.82, 2.24) is 10.2 Å². The molecule has 132 valence electrons. The second kappa shape index (κ2) is 6.06. The second-order valence-electron chi connectivity index (χ2n) is 8.16. The van der Waals surface area contributed by atoms with Crippen molar-refractivity contribution in [3.05, 3.63) is 12.7 Å². The Morgan fingerprint density at radius 1 is 1.29 bits per heavy atom. The molecule has 3 N–H and O–H groups in total. The van der Waals surface area contributed by atoms with Gasteiger partial charge < -0.3 is 11.1 Å². The van der Waals surface area contributed by atoms with Crippen LogP contribution in [0.15, 0.2) is 12.7 Å². The Morgan fingerprint density at radius 2 is 2.00 bits per heavy atom. The Kier molecular flexibility index (Phi) is 4.15. The zero-order chi connectivity index (χ0) is 16.9. The van der Waals surface area contributed by atoms with Crippen LogP contribution in [0, 0.1) is 23.2 Å². The Balaban J connectivity index is 1.46. The van der Waals surface area contributed by atoms with E-state index in [1.807, 2.05) is 6.08 Å². The van der Waals surface area contributed by atoms with E-state index in [0.29, 0.717) is 17.8 Å². The molecule has 5 rings (SSSR count). The molecule has 1 aliphatic heterocycles. The molecule has 3 unspecified atom stereocenters. The number of carbonyl (C=O) groups is 2. The van der Waals surface area contributed by atoms with Gasteiger partial charge in [0.15, 0.2) is 0 Å². The van der Waals surface area contributed by atoms with Crippen molar-refractivity contribution in [3.63, 3.8) is 0 Å². The maximum absolute atomic E-state index is 12.8. The molecule has 0 spiro atoms. The minimum absolute atomic E-state index is 0.0923. The monoisotopic (exact) mass is 349 g/mol. The number of rotatable bonds is 5. The van der Waals surface area contributed by atoms with Gasteiger partial charge in [0, 0.05) is 30.3 Å². The van der Waals surface area contributed by atoms with Crippen LogP contribution in [-0.2, 0) is 9.59 Å². The van der Waals surface area contributed by atoms with Crippen LogP contribution < -0.4 is 11.1 Å². The number of nitrogens with two attached hydrogens (primary N) is 1. The number of nitrogens with zero attached hydrogens (tertiary/aromatic N) is 1. The number of amides is 2. The van der Waals surface area contributed by atoms with Crippen molar-refractivity contribution in [3.8, 4) is 0 Å². The van der Waals surface area contributed by atoms with Gasteiger partial charge >= 0.3 is 0 Å². The normalized spacial score (nSPS) is 43.8. The summed E-state index contributed by atoms with van der Waals surface area (Å²) in [6.07, 6.45) is 6.87. The average molecular weight is 350 g/mol. The lowest BCUT2D eigenvalue weighted by molar-refractivity contribution is -0.147. The maximum Gasteiger partial charge on any atom is 0.247 e. The molecule has 4 bridgehead atoms. The van der Waals surface area contributed by atoms with E-state index >= 15 is 0 Å². The van der Waals surface area contributed by atoms with E-state index in [1.165, 1.54) is 0 Å². The van der Waals surface area contributed by atoms with Gasteiger partial charge in [-0.25, -0.2) is 0 Å². The van der Waals surface area contributed by atoms with Crippen molar-refractivity contribution in [2.24, 2.45) is 28.9 Å². The summed E-state index contributed by atoms with van der Waals surface area (Å²) in [6, 6.07) is 0.230. The van der Waals surface area contributed by atoms with Gasteiger partial charge in [-0.15, -0.1) is 18.3 Å². The molecule has 1 saturated heterocycles. The molecule has 6 heteroatoms. The standard InChI is InChI=1S/C18H27N3O2S/c1-2-3-21-4-5-24-16(21)15(22)20-14-12-6-11-7-13(14)10-18(8-11,9-12)17(19)23/h2,11-14,16H,1,3-10H2,(H2,19,23)(H,20,22). The minimum atomic E-state index is -0.283. The highest BCUT2D eigenvalue weighted by Crippen LogP contribution is 2.59. The van der Waals surface area contributed by atoms with E-state index in [4.69, 9.17) is 5.73 Å². The lowest BCUT2D eigenvalue weighted by atomic mass is 9.47. The number of nitrogens with one attached hydrogen (secondary N) is 1. The van der Waals surface area contributed by atoms with Gasteiger partial charge in [0.25, 0.3) is 0 Å². The summed E-state index contributed by atoms with van der Waals surface area (Å²) < 4.78 is 0. The van der Waals surface area contributed by atoms with Crippen molar-refractivity contribution in [2.45, 2.75) is 43.5 Å². The Bertz CT molecular complexity index is 550. The number of hydrogen-bond acceptors (Lipinski definition) is 4. The van der Waals surface area contributed by atoms with Crippen LogP contribution in [0.5, 0.6) is 0 Å². The summed E-state index contributed by atoms with van der Waals surface area (Å²) in [5.41, 5.74) is 5.46. The van der Waals surface area contributed by atoms with Crippen molar-refractivity contribution >= 4 is 23.6 Å². The lowest BCUT2D eigenvalue weighted by Gasteiger charge is -2.58. The smallest absolute Gasteiger partial charge is 0.247 e. The first-order valence-electron chi connectivity index (χ1n) is 9.09. The minimum Gasteiger partial charge on any atom is -0.369 e. The third-order valence-corrected chi connectivity index (χ3v) is 7.92. The highest BCUT2D eigenvalue weighted by molar-refractivity contribution is 8.00. The quantitative estimate of drug-likeness (QED) is 0.735. The van der Waals surface area contributed by atoms with Crippen molar-refractivity contribution < 1.29 is 9.59 Å². The second-order valence-corrected chi connectivity index (χ2v) is 9.34. The highest BCUT2D eigenvalue weighted by Gasteiger charge is 2.58. The van der Waals surface area contributed by atoms with Crippen LogP contribution in [0.4, 0.5) is 0 Å². The molecule has 5 nitrogen and oxygen atoms in total. The van der Waals surface area contributed by atoms with E-state index in [2.05, 4.69) is 16.8 Å². The molecule has 0 aromatic rings. The number of hydrogen-bond donors (Lipinski definition) is 2. The topological polar surface area (TPSA) is 75.4 Å². The van der Waals surface area contributed by atoms with Gasteiger partial charge in [0.1, 0.15) is 5.37 Å². The molecule has 4 aliphatic carbocycles. The van der Waals surface area contributed by atoms with Crippen LogP contribution in [0.25, 0.3) is 0 Å². The van der Waals surface area contributed by atoms with Gasteiger partial charge in [-0.3, -0.25) is 14.5 Å². The SMILES string of the molecule is C=CCN1CCSC1C(=O)NC1C2CC3CC1CC(C(N)=O)(C3)C2. The largest absolute Gasteiger partial charge is 0.369 e. The van der Waals surface area contributed by atoms with Gasteiger partial charge in [0.2, 0.25) is 11.8 Å². The highest BCUT2D eigenvalue weighted by atomic mass is 32.2. The van der Waals surface area contributed by atoms with E-state index in [0.717, 1.165) is 50.9 Å². The van der Waals surface area contributed by atoms with Gasteiger partial charge in [-0.05, 0) is 49.9 Å². The lowest BCUT2D eigenvalue weighted by Crippen LogP contribution is -2.63. The number of carbonyl (C=O) groups excluding carboxylic acids is 2. The van der Waals surface area contributed by atoms with Crippen LogP contribution >= 0.6 is 11.8 Å².